The van der Waals surface area contributed by atoms with Crippen molar-refractivity contribution in [2.75, 3.05) is 0 Å². The molecule has 7 nitrogen and oxygen atoms in total. The summed E-state index contributed by atoms with van der Waals surface area (Å²) in [4.78, 5) is 28.3. The smallest absolute Gasteiger partial charge is 0.352 e. The summed E-state index contributed by atoms with van der Waals surface area (Å²) >= 11 is 0. The minimum atomic E-state index is -0.758. The minimum Gasteiger partial charge on any atom is -0.393 e. The van der Waals surface area contributed by atoms with Crippen molar-refractivity contribution in [3.63, 3.8) is 0 Å². The van der Waals surface area contributed by atoms with Crippen molar-refractivity contribution in [1.82, 2.24) is 13.9 Å². The summed E-state index contributed by atoms with van der Waals surface area (Å²) in [5, 5.41) is 21.5. The molecule has 8 atom stereocenters. The Morgan fingerprint density at radius 3 is 2.40 bits per heavy atom. The van der Waals surface area contributed by atoms with Crippen LogP contribution in [0.4, 0.5) is 0 Å². The molecule has 1 aromatic carbocycles. The molecular weight excluding hydrogens is 526 g/mol. The number of hydrogen-bond donors (Lipinski definition) is 2. The van der Waals surface area contributed by atoms with Gasteiger partial charge in [-0.3, -0.25) is 0 Å². The van der Waals surface area contributed by atoms with Crippen LogP contribution in [-0.2, 0) is 0 Å². The van der Waals surface area contributed by atoms with E-state index < -0.39 is 18.2 Å². The van der Waals surface area contributed by atoms with Gasteiger partial charge in [-0.05, 0) is 97.0 Å². The maximum Gasteiger partial charge on any atom is 0.352 e. The highest BCUT2D eigenvalue weighted by molar-refractivity contribution is 5.37. The fourth-order valence-corrected chi connectivity index (χ4v) is 9.30. The van der Waals surface area contributed by atoms with Gasteiger partial charge in [0, 0.05) is 6.42 Å². The number of aliphatic hydroxyl groups excluding tert-OH is 2. The third kappa shape index (κ3) is 4.71. The van der Waals surface area contributed by atoms with Crippen molar-refractivity contribution in [2.24, 2.45) is 29.1 Å². The summed E-state index contributed by atoms with van der Waals surface area (Å²) in [7, 11) is 0. The monoisotopic (exact) mass is 575 g/mol. The fraction of sp³-hybridized carbons (Fsp3) is 0.657. The van der Waals surface area contributed by atoms with Crippen molar-refractivity contribution in [2.45, 2.75) is 117 Å². The van der Waals surface area contributed by atoms with E-state index in [0.29, 0.717) is 36.3 Å². The third-order valence-corrected chi connectivity index (χ3v) is 11.5. The molecule has 3 aliphatic carbocycles. The minimum absolute atomic E-state index is 0.154. The first-order valence-corrected chi connectivity index (χ1v) is 16.3. The van der Waals surface area contributed by atoms with E-state index >= 15 is 0 Å². The normalized spacial score (nSPS) is 33.3. The molecule has 2 N–H and O–H groups in total. The van der Waals surface area contributed by atoms with Crippen molar-refractivity contribution >= 4 is 0 Å². The maximum atomic E-state index is 14.2. The van der Waals surface area contributed by atoms with Crippen molar-refractivity contribution in [3.05, 3.63) is 74.1 Å². The SMILES string of the molecule is CC1=C([C@H]2C=C3[C@H]4CC[C@@H]([C@@H](C)CCCC(C)C)[C@]4(C)CC[C@@H]3n3c(=O)n(-c4ccccc4)c(=O)n32)C[C@H](O)C[C@H]1O. The van der Waals surface area contributed by atoms with Crippen molar-refractivity contribution in [1.29, 1.82) is 0 Å². The number of aliphatic hydroxyl groups is 2. The molecule has 2 heterocycles. The molecule has 2 aromatic rings. The Morgan fingerprint density at radius 1 is 0.976 bits per heavy atom. The van der Waals surface area contributed by atoms with Gasteiger partial charge in [-0.25, -0.2) is 23.5 Å². The van der Waals surface area contributed by atoms with Crippen LogP contribution in [0.5, 0.6) is 0 Å². The van der Waals surface area contributed by atoms with Crippen LogP contribution in [0.25, 0.3) is 5.69 Å². The summed E-state index contributed by atoms with van der Waals surface area (Å²) in [6.07, 6.45) is 9.50. The Labute approximate surface area is 249 Å². The largest absolute Gasteiger partial charge is 0.393 e. The first-order chi connectivity index (χ1) is 20.0. The second kappa shape index (κ2) is 11.1. The molecule has 228 valence electrons. The fourth-order valence-electron chi connectivity index (χ4n) is 9.30. The van der Waals surface area contributed by atoms with E-state index in [1.165, 1.54) is 35.8 Å². The number of fused-ring (bicyclic) bond motifs is 5. The molecule has 7 heteroatoms. The van der Waals surface area contributed by atoms with Crippen molar-refractivity contribution < 1.29 is 10.2 Å². The van der Waals surface area contributed by atoms with Crippen LogP contribution in [0.3, 0.4) is 0 Å². The Morgan fingerprint density at radius 2 is 1.69 bits per heavy atom. The topological polar surface area (TPSA) is 89.4 Å². The Kier molecular flexibility index (Phi) is 7.80. The summed E-state index contributed by atoms with van der Waals surface area (Å²) in [6.45, 7) is 11.5. The lowest BCUT2D eigenvalue weighted by Gasteiger charge is -2.49. The van der Waals surface area contributed by atoms with Gasteiger partial charge in [-0.15, -0.1) is 0 Å². The van der Waals surface area contributed by atoms with Gasteiger partial charge >= 0.3 is 11.4 Å². The second-order valence-corrected chi connectivity index (χ2v) is 14.5. The standard InChI is InChI=1S/C35H49N3O4/c1-21(2)10-9-11-22(3)28-14-15-29-27-20-31(26-18-25(39)19-32(40)23(26)4)38-34(42)36(24-12-7-6-8-13-24)33(41)37(38)30(27)16-17-35(28,29)5/h6-8,12-13,20-22,25,28-32,39-40H,9-11,14-19H2,1-5H3/t22-,25-,28-,29+,30-,31+,32+,35-/m0/s1. The first-order valence-electron chi connectivity index (χ1n) is 16.3. The number of para-hydroxylation sites is 1. The molecule has 1 aromatic heterocycles. The van der Waals surface area contributed by atoms with Gasteiger partial charge in [0.15, 0.2) is 0 Å². The number of allylic oxidation sites excluding steroid dienone is 2. The molecule has 0 radical (unpaired) electrons. The molecule has 1 aliphatic heterocycles. The van der Waals surface area contributed by atoms with Crippen LogP contribution >= 0.6 is 0 Å². The molecule has 0 saturated heterocycles. The maximum absolute atomic E-state index is 14.2. The van der Waals surface area contributed by atoms with Gasteiger partial charge in [0.05, 0.1) is 30.0 Å². The lowest BCUT2D eigenvalue weighted by molar-refractivity contribution is 0.0677. The van der Waals surface area contributed by atoms with E-state index in [0.717, 1.165) is 36.3 Å². The van der Waals surface area contributed by atoms with Gasteiger partial charge < -0.3 is 10.2 Å². The lowest BCUT2D eigenvalue weighted by atomic mass is 9.59. The summed E-state index contributed by atoms with van der Waals surface area (Å²) in [5.41, 5.74) is 3.01. The zero-order valence-corrected chi connectivity index (χ0v) is 26.0. The number of aromatic nitrogens is 3. The van der Waals surface area contributed by atoms with Crippen LogP contribution in [-0.4, -0.2) is 36.4 Å². The third-order valence-electron chi connectivity index (χ3n) is 11.5. The average Bonchev–Trinajstić information content (AvgIpc) is 3.44. The molecule has 0 unspecified atom stereocenters. The van der Waals surface area contributed by atoms with E-state index in [-0.39, 0.29) is 22.8 Å². The first kappa shape index (κ1) is 29.4. The molecule has 0 spiro atoms. The van der Waals surface area contributed by atoms with Crippen LogP contribution in [0.15, 0.2) is 62.7 Å². The van der Waals surface area contributed by atoms with Gasteiger partial charge in [-0.2, -0.15) is 0 Å². The Balaban J connectivity index is 1.46. The predicted octanol–water partition coefficient (Wildman–Crippen LogP) is 5.94. The molecule has 0 bridgehead atoms. The molecule has 42 heavy (non-hydrogen) atoms. The van der Waals surface area contributed by atoms with E-state index in [9.17, 15) is 19.8 Å². The zero-order chi connectivity index (χ0) is 29.9. The molecule has 0 amide bonds. The van der Waals surface area contributed by atoms with Crippen LogP contribution in [0, 0.1) is 29.1 Å². The van der Waals surface area contributed by atoms with Crippen LogP contribution < -0.4 is 11.4 Å². The average molecular weight is 576 g/mol. The lowest BCUT2D eigenvalue weighted by Crippen LogP contribution is -2.46. The van der Waals surface area contributed by atoms with Gasteiger partial charge in [0.2, 0.25) is 0 Å². The summed E-state index contributed by atoms with van der Waals surface area (Å²) in [5.74, 6) is 2.39. The second-order valence-electron chi connectivity index (χ2n) is 14.5. The number of hydrogen-bond acceptors (Lipinski definition) is 4. The van der Waals surface area contributed by atoms with Gasteiger partial charge in [-0.1, -0.05) is 71.2 Å². The van der Waals surface area contributed by atoms with Crippen LogP contribution in [0.2, 0.25) is 0 Å². The van der Waals surface area contributed by atoms with Crippen LogP contribution in [0.1, 0.15) is 104 Å². The Bertz CT molecular complexity index is 1490. The molecule has 4 aliphatic rings. The highest BCUT2D eigenvalue weighted by Gasteiger charge is 2.55. The summed E-state index contributed by atoms with van der Waals surface area (Å²) < 4.78 is 4.68. The Hall–Kier alpha value is -2.64. The van der Waals surface area contributed by atoms with Crippen molar-refractivity contribution in [3.8, 4) is 5.69 Å². The highest BCUT2D eigenvalue weighted by atomic mass is 16.3. The zero-order valence-electron chi connectivity index (χ0n) is 26.0. The van der Waals surface area contributed by atoms with E-state index in [1.54, 1.807) is 21.5 Å². The van der Waals surface area contributed by atoms with Gasteiger partial charge in [0.25, 0.3) is 0 Å². The molecular formula is C35H49N3O4. The highest BCUT2D eigenvalue weighted by Crippen LogP contribution is 2.62. The summed E-state index contributed by atoms with van der Waals surface area (Å²) in [6, 6.07) is 8.52. The van der Waals surface area contributed by atoms with Gasteiger partial charge in [0.1, 0.15) is 0 Å². The molecule has 6 rings (SSSR count). The van der Waals surface area contributed by atoms with E-state index in [1.807, 2.05) is 25.1 Å². The number of nitrogens with zero attached hydrogens (tertiary/aromatic N) is 3. The predicted molar refractivity (Wildman–Crippen MR) is 166 cm³/mol. The number of benzene rings is 1. The number of rotatable bonds is 7. The van der Waals surface area contributed by atoms with E-state index in [4.69, 9.17) is 0 Å². The molecule has 2 fully saturated rings. The quantitative estimate of drug-likeness (QED) is 0.400. The molecule has 2 saturated carbocycles. The van der Waals surface area contributed by atoms with E-state index in [2.05, 4.69) is 33.8 Å².